The van der Waals surface area contributed by atoms with E-state index in [4.69, 9.17) is 5.11 Å². The molecule has 0 spiro atoms. The molecule has 1 fully saturated rings. The fourth-order valence-corrected chi connectivity index (χ4v) is 2.33. The fraction of sp³-hybridized carbons (Fsp3) is 0.182. The zero-order chi connectivity index (χ0) is 14.9. The monoisotopic (exact) mass is 302 g/mol. The molecule has 3 N–H and O–H groups in total. The molecule has 9 heteroatoms. The molecule has 1 aromatic rings. The van der Waals surface area contributed by atoms with Crippen LogP contribution in [0, 0.1) is 11.6 Å². The maximum absolute atomic E-state index is 13.5. The molecule has 1 saturated heterocycles. The van der Waals surface area contributed by atoms with Gasteiger partial charge in [-0.2, -0.15) is 0 Å². The van der Waals surface area contributed by atoms with E-state index >= 15 is 0 Å². The highest BCUT2D eigenvalue weighted by Gasteiger charge is 2.28. The molecular formula is C11H8F2N2O4S. The smallest absolute Gasteiger partial charge is 0.338 e. The summed E-state index contributed by atoms with van der Waals surface area (Å²) in [5.74, 6) is -4.44. The quantitative estimate of drug-likeness (QED) is 0.785. The second-order valence-corrected chi connectivity index (χ2v) is 4.89. The van der Waals surface area contributed by atoms with Gasteiger partial charge in [0.2, 0.25) is 5.91 Å². The minimum atomic E-state index is -1.58. The summed E-state index contributed by atoms with van der Waals surface area (Å²) in [6, 6.07) is 0.223. The lowest BCUT2D eigenvalue weighted by molar-refractivity contribution is -0.117. The number of hydrogen-bond donors (Lipinski definition) is 3. The number of carbonyl (C=O) groups is 3. The molecule has 106 valence electrons. The van der Waals surface area contributed by atoms with Gasteiger partial charge in [-0.1, -0.05) is 11.8 Å². The van der Waals surface area contributed by atoms with Gasteiger partial charge in [0.1, 0.15) is 17.7 Å². The molecule has 1 heterocycles. The van der Waals surface area contributed by atoms with Crippen molar-refractivity contribution in [2.45, 2.75) is 6.04 Å². The van der Waals surface area contributed by atoms with Crippen molar-refractivity contribution in [2.24, 2.45) is 0 Å². The highest BCUT2D eigenvalue weighted by molar-refractivity contribution is 8.14. The summed E-state index contributed by atoms with van der Waals surface area (Å²) >= 11 is 0.900. The van der Waals surface area contributed by atoms with Gasteiger partial charge < -0.3 is 15.7 Å². The van der Waals surface area contributed by atoms with Crippen molar-refractivity contribution in [3.05, 3.63) is 29.3 Å². The third-order valence-corrected chi connectivity index (χ3v) is 3.41. The van der Waals surface area contributed by atoms with E-state index in [0.29, 0.717) is 12.1 Å². The molecule has 2 amide bonds. The van der Waals surface area contributed by atoms with Gasteiger partial charge in [0.15, 0.2) is 0 Å². The second kappa shape index (κ2) is 5.45. The molecule has 1 unspecified atom stereocenters. The lowest BCUT2D eigenvalue weighted by Crippen LogP contribution is -2.38. The molecule has 20 heavy (non-hydrogen) atoms. The van der Waals surface area contributed by atoms with Crippen LogP contribution in [0.15, 0.2) is 12.1 Å². The van der Waals surface area contributed by atoms with Crippen LogP contribution in [0.2, 0.25) is 0 Å². The summed E-state index contributed by atoms with van der Waals surface area (Å²) in [7, 11) is 0. The van der Waals surface area contributed by atoms with Crippen molar-refractivity contribution in [1.82, 2.24) is 5.32 Å². The van der Waals surface area contributed by atoms with Crippen LogP contribution in [0.3, 0.4) is 0 Å². The van der Waals surface area contributed by atoms with Crippen molar-refractivity contribution in [1.29, 1.82) is 0 Å². The first-order chi connectivity index (χ1) is 9.38. The third kappa shape index (κ3) is 2.87. The van der Waals surface area contributed by atoms with Crippen LogP contribution >= 0.6 is 11.8 Å². The number of halogens is 2. The van der Waals surface area contributed by atoms with E-state index in [1.54, 1.807) is 0 Å². The Labute approximate surface area is 115 Å². The van der Waals surface area contributed by atoms with Crippen molar-refractivity contribution < 1.29 is 28.3 Å². The van der Waals surface area contributed by atoms with Gasteiger partial charge in [0, 0.05) is 11.8 Å². The summed E-state index contributed by atoms with van der Waals surface area (Å²) in [4.78, 5) is 33.4. The molecule has 0 radical (unpaired) electrons. The van der Waals surface area contributed by atoms with Gasteiger partial charge >= 0.3 is 5.97 Å². The maximum atomic E-state index is 13.5. The first kappa shape index (κ1) is 14.3. The molecule has 0 saturated carbocycles. The Balaban J connectivity index is 2.20. The zero-order valence-corrected chi connectivity index (χ0v) is 10.6. The topological polar surface area (TPSA) is 95.5 Å². The van der Waals surface area contributed by atoms with Gasteiger partial charge in [-0.15, -0.1) is 0 Å². The predicted octanol–water partition coefficient (Wildman–Crippen LogP) is 1.43. The van der Waals surface area contributed by atoms with E-state index in [0.717, 1.165) is 11.8 Å². The maximum Gasteiger partial charge on any atom is 0.338 e. The number of carboxylic acids is 1. The van der Waals surface area contributed by atoms with E-state index < -0.39 is 40.8 Å². The van der Waals surface area contributed by atoms with Gasteiger partial charge in [-0.3, -0.25) is 9.59 Å². The molecule has 1 aliphatic heterocycles. The minimum Gasteiger partial charge on any atom is -0.478 e. The number of rotatable bonds is 3. The largest absolute Gasteiger partial charge is 0.478 e. The molecule has 1 aromatic carbocycles. The Morgan fingerprint density at radius 3 is 2.60 bits per heavy atom. The van der Waals surface area contributed by atoms with E-state index in [-0.39, 0.29) is 11.0 Å². The fourth-order valence-electron chi connectivity index (χ4n) is 1.55. The van der Waals surface area contributed by atoms with Gasteiger partial charge in [0.25, 0.3) is 5.24 Å². The first-order valence-electron chi connectivity index (χ1n) is 5.35. The number of carbonyl (C=O) groups excluding carboxylic acids is 2. The highest BCUT2D eigenvalue weighted by atomic mass is 32.2. The van der Waals surface area contributed by atoms with E-state index in [1.165, 1.54) is 0 Å². The Kier molecular flexibility index (Phi) is 3.89. The summed E-state index contributed by atoms with van der Waals surface area (Å²) in [5, 5.41) is 12.8. The van der Waals surface area contributed by atoms with Crippen LogP contribution in [0.5, 0.6) is 0 Å². The summed E-state index contributed by atoms with van der Waals surface area (Å²) in [6.07, 6.45) is 0. The predicted molar refractivity (Wildman–Crippen MR) is 66.7 cm³/mol. The van der Waals surface area contributed by atoms with Crippen LogP contribution in [0.1, 0.15) is 10.4 Å². The molecular weight excluding hydrogens is 294 g/mol. The Hall–Kier alpha value is -2.16. The average Bonchev–Trinajstić information content (AvgIpc) is 2.79. The number of amides is 2. The van der Waals surface area contributed by atoms with Crippen LogP contribution in [-0.2, 0) is 4.79 Å². The summed E-state index contributed by atoms with van der Waals surface area (Å²) < 4.78 is 26.7. The molecule has 6 nitrogen and oxygen atoms in total. The molecule has 0 aromatic heterocycles. The van der Waals surface area contributed by atoms with E-state index in [2.05, 4.69) is 10.6 Å². The summed E-state index contributed by atoms with van der Waals surface area (Å²) in [6.45, 7) is 0. The lowest BCUT2D eigenvalue weighted by atomic mass is 10.1. The number of hydrogen-bond acceptors (Lipinski definition) is 4. The van der Waals surface area contributed by atoms with Gasteiger partial charge in [-0.05, 0) is 6.07 Å². The van der Waals surface area contributed by atoms with Crippen LogP contribution in [0.4, 0.5) is 19.3 Å². The number of nitrogens with one attached hydrogen (secondary N) is 2. The number of benzene rings is 1. The lowest BCUT2D eigenvalue weighted by Gasteiger charge is -2.11. The summed E-state index contributed by atoms with van der Waals surface area (Å²) in [5.41, 5.74) is -1.22. The van der Waals surface area contributed by atoms with Crippen molar-refractivity contribution in [2.75, 3.05) is 11.1 Å². The minimum absolute atomic E-state index is 0.180. The average molecular weight is 302 g/mol. The first-order valence-corrected chi connectivity index (χ1v) is 6.33. The number of carboxylic acid groups (broad SMARTS) is 1. The Morgan fingerprint density at radius 2 is 2.05 bits per heavy atom. The van der Waals surface area contributed by atoms with Crippen LogP contribution < -0.4 is 10.6 Å². The molecule has 1 atom stereocenters. The van der Waals surface area contributed by atoms with Gasteiger partial charge in [-0.25, -0.2) is 13.6 Å². The van der Waals surface area contributed by atoms with Crippen molar-refractivity contribution in [3.63, 3.8) is 0 Å². The third-order valence-electron chi connectivity index (χ3n) is 2.53. The van der Waals surface area contributed by atoms with Crippen LogP contribution in [0.25, 0.3) is 0 Å². The molecule has 2 rings (SSSR count). The van der Waals surface area contributed by atoms with E-state index in [9.17, 15) is 23.2 Å². The number of aromatic carboxylic acids is 1. The molecule has 0 aliphatic carbocycles. The van der Waals surface area contributed by atoms with E-state index in [1.807, 2.05) is 0 Å². The second-order valence-electron chi connectivity index (χ2n) is 3.90. The van der Waals surface area contributed by atoms with Crippen LogP contribution in [-0.4, -0.2) is 34.0 Å². The zero-order valence-electron chi connectivity index (χ0n) is 9.78. The normalized spacial score (nSPS) is 17.7. The number of anilines is 1. The van der Waals surface area contributed by atoms with Gasteiger partial charge in [0.05, 0.1) is 11.3 Å². The standard InChI is InChI=1S/C11H8F2N2O4S/c12-5-2-6(13)7(1-4(5)10(17)18)14-9(16)8-3-20-11(19)15-8/h1-2,8H,3H2,(H,14,16)(H,15,19)(H,17,18). The number of thioether (sulfide) groups is 1. The van der Waals surface area contributed by atoms with Crippen molar-refractivity contribution >= 4 is 34.6 Å². The Bertz CT molecular complexity index is 608. The molecule has 0 bridgehead atoms. The molecule has 1 aliphatic rings. The highest BCUT2D eigenvalue weighted by Crippen LogP contribution is 2.21. The van der Waals surface area contributed by atoms with Crippen molar-refractivity contribution in [3.8, 4) is 0 Å². The Morgan fingerprint density at radius 1 is 1.35 bits per heavy atom. The SMILES string of the molecule is O=C1NC(C(=O)Nc2cc(C(=O)O)c(F)cc2F)CS1.